The second kappa shape index (κ2) is 8.15. The van der Waals surface area contributed by atoms with Crippen LogP contribution in [-0.2, 0) is 4.79 Å². The lowest BCUT2D eigenvalue weighted by atomic mass is 9.77. The van der Waals surface area contributed by atoms with E-state index in [2.05, 4.69) is 18.7 Å². The first-order valence-electron chi connectivity index (χ1n) is 10.9. The van der Waals surface area contributed by atoms with Crippen LogP contribution in [0.1, 0.15) is 57.2 Å². The van der Waals surface area contributed by atoms with Crippen molar-refractivity contribution in [3.8, 4) is 11.3 Å². The quantitative estimate of drug-likeness (QED) is 0.562. The van der Waals surface area contributed by atoms with Gasteiger partial charge in [0.25, 0.3) is 0 Å². The summed E-state index contributed by atoms with van der Waals surface area (Å²) in [6.45, 7) is 9.59. The second-order valence-electron chi connectivity index (χ2n) is 8.86. The van der Waals surface area contributed by atoms with Crippen LogP contribution in [-0.4, -0.2) is 38.8 Å². The molecule has 0 bridgehead atoms. The van der Waals surface area contributed by atoms with Gasteiger partial charge in [-0.3, -0.25) is 4.79 Å². The number of piperidine rings is 1. The summed E-state index contributed by atoms with van der Waals surface area (Å²) in [7, 11) is 0. The molecule has 0 aliphatic carbocycles. The predicted octanol–water partition coefficient (Wildman–Crippen LogP) is 5.56. The Morgan fingerprint density at radius 2 is 2.00 bits per heavy atom. The molecule has 1 aromatic carbocycles. The highest BCUT2D eigenvalue weighted by atomic mass is 35.5. The van der Waals surface area contributed by atoms with Crippen molar-refractivity contribution in [3.05, 3.63) is 46.6 Å². The van der Waals surface area contributed by atoms with Gasteiger partial charge in [-0.25, -0.2) is 4.98 Å². The number of aliphatic carboxylic acids is 1. The van der Waals surface area contributed by atoms with Gasteiger partial charge in [0.05, 0.1) is 11.1 Å². The van der Waals surface area contributed by atoms with Crippen molar-refractivity contribution in [3.63, 3.8) is 0 Å². The number of benzene rings is 1. The number of fused-ring (bicyclic) bond motifs is 1. The second-order valence-corrected chi connectivity index (χ2v) is 9.30. The van der Waals surface area contributed by atoms with Crippen LogP contribution in [0.4, 0.5) is 5.82 Å². The van der Waals surface area contributed by atoms with Gasteiger partial charge in [0.15, 0.2) is 5.65 Å². The fraction of sp³-hybridized carbons (Fsp3) is 0.458. The standard InChI is InChI=1S/C24H29ClN4O2/c1-5-24(23(30)31)11-6-12-28(14-24)22-21(15(2)3)16(4)26-20-13-19(27-29(20)22)17-7-9-18(25)10-8-17/h7-10,13,15H,5-6,11-12,14H2,1-4H3,(H,30,31)/t24-/m0/s1. The number of hydrogen-bond acceptors (Lipinski definition) is 4. The largest absolute Gasteiger partial charge is 0.481 e. The molecule has 0 saturated carbocycles. The molecule has 0 radical (unpaired) electrons. The minimum Gasteiger partial charge on any atom is -0.481 e. The van der Waals surface area contributed by atoms with Crippen LogP contribution in [0.25, 0.3) is 16.9 Å². The van der Waals surface area contributed by atoms with E-state index in [1.165, 1.54) is 0 Å². The molecule has 0 unspecified atom stereocenters. The lowest BCUT2D eigenvalue weighted by Gasteiger charge is -2.41. The number of aromatic nitrogens is 3. The molecular weight excluding hydrogens is 412 g/mol. The number of anilines is 1. The van der Waals surface area contributed by atoms with Gasteiger partial charge in [0.1, 0.15) is 5.82 Å². The predicted molar refractivity (Wildman–Crippen MR) is 124 cm³/mol. The van der Waals surface area contributed by atoms with Crippen molar-refractivity contribution in [1.82, 2.24) is 14.6 Å². The minimum absolute atomic E-state index is 0.234. The molecule has 7 heteroatoms. The Hall–Kier alpha value is -2.60. The summed E-state index contributed by atoms with van der Waals surface area (Å²) in [5.74, 6) is 0.490. The molecule has 1 N–H and O–H groups in total. The van der Waals surface area contributed by atoms with Crippen LogP contribution in [0.15, 0.2) is 30.3 Å². The first-order valence-corrected chi connectivity index (χ1v) is 11.3. The number of rotatable bonds is 5. The summed E-state index contributed by atoms with van der Waals surface area (Å²) in [6.07, 6.45) is 2.15. The third-order valence-corrected chi connectivity index (χ3v) is 6.78. The molecule has 1 fully saturated rings. The molecule has 2 aromatic heterocycles. The molecule has 4 rings (SSSR count). The normalized spacial score (nSPS) is 19.4. The van der Waals surface area contributed by atoms with Gasteiger partial charge in [-0.1, -0.05) is 44.5 Å². The van der Waals surface area contributed by atoms with E-state index < -0.39 is 11.4 Å². The number of carboxylic acids is 1. The molecule has 1 saturated heterocycles. The zero-order chi connectivity index (χ0) is 22.3. The summed E-state index contributed by atoms with van der Waals surface area (Å²) < 4.78 is 1.90. The minimum atomic E-state index is -0.734. The van der Waals surface area contributed by atoms with E-state index in [0.29, 0.717) is 24.4 Å². The van der Waals surface area contributed by atoms with Crippen LogP contribution in [0.2, 0.25) is 5.02 Å². The number of hydrogen-bond donors (Lipinski definition) is 1. The van der Waals surface area contributed by atoms with Gasteiger partial charge in [0, 0.05) is 41.0 Å². The lowest BCUT2D eigenvalue weighted by Crippen LogP contribution is -2.48. The Labute approximate surface area is 187 Å². The summed E-state index contributed by atoms with van der Waals surface area (Å²) in [4.78, 5) is 19.2. The fourth-order valence-corrected chi connectivity index (χ4v) is 4.91. The van der Waals surface area contributed by atoms with E-state index in [1.807, 2.05) is 48.7 Å². The smallest absolute Gasteiger partial charge is 0.311 e. The molecule has 3 aromatic rings. The highest BCUT2D eigenvalue weighted by molar-refractivity contribution is 6.30. The first kappa shape index (κ1) is 21.6. The molecule has 1 atom stereocenters. The molecule has 1 aliphatic heterocycles. The summed E-state index contributed by atoms with van der Waals surface area (Å²) in [6, 6.07) is 9.60. The van der Waals surface area contributed by atoms with Gasteiger partial charge in [-0.2, -0.15) is 9.61 Å². The van der Waals surface area contributed by atoms with E-state index in [4.69, 9.17) is 21.7 Å². The monoisotopic (exact) mass is 440 g/mol. The van der Waals surface area contributed by atoms with Crippen LogP contribution in [0.5, 0.6) is 0 Å². The Balaban J connectivity index is 1.90. The fourth-order valence-electron chi connectivity index (χ4n) is 4.78. The Morgan fingerprint density at radius 1 is 1.29 bits per heavy atom. The molecule has 3 heterocycles. The number of nitrogens with zero attached hydrogens (tertiary/aromatic N) is 4. The number of halogens is 1. The zero-order valence-corrected chi connectivity index (χ0v) is 19.3. The van der Waals surface area contributed by atoms with Crippen molar-refractivity contribution in [2.24, 2.45) is 5.41 Å². The van der Waals surface area contributed by atoms with Crippen LogP contribution < -0.4 is 4.90 Å². The molecule has 1 aliphatic rings. The third kappa shape index (κ3) is 3.78. The van der Waals surface area contributed by atoms with Gasteiger partial charge in [-0.05, 0) is 44.2 Å². The van der Waals surface area contributed by atoms with Crippen molar-refractivity contribution >= 4 is 29.0 Å². The zero-order valence-electron chi connectivity index (χ0n) is 18.5. The van der Waals surface area contributed by atoms with Crippen LogP contribution in [0, 0.1) is 12.3 Å². The van der Waals surface area contributed by atoms with Crippen molar-refractivity contribution < 1.29 is 9.90 Å². The summed E-state index contributed by atoms with van der Waals surface area (Å²) in [5.41, 5.74) is 3.91. The SMILES string of the molecule is CC[C@]1(C(=O)O)CCCN(c2c(C(C)C)c(C)nc3cc(-c4ccc(Cl)cc4)nn23)C1. The summed E-state index contributed by atoms with van der Waals surface area (Å²) >= 11 is 6.05. The van der Waals surface area contributed by atoms with E-state index in [-0.39, 0.29) is 5.92 Å². The van der Waals surface area contributed by atoms with E-state index in [0.717, 1.165) is 46.9 Å². The molecule has 164 valence electrons. The number of carboxylic acid groups (broad SMARTS) is 1. The molecule has 6 nitrogen and oxygen atoms in total. The van der Waals surface area contributed by atoms with Gasteiger partial charge in [0.2, 0.25) is 0 Å². The highest BCUT2D eigenvalue weighted by Crippen LogP contribution is 2.39. The maximum atomic E-state index is 12.2. The van der Waals surface area contributed by atoms with E-state index in [9.17, 15) is 9.90 Å². The Bertz CT molecular complexity index is 1120. The topological polar surface area (TPSA) is 70.7 Å². The lowest BCUT2D eigenvalue weighted by molar-refractivity contribution is -0.149. The average Bonchev–Trinajstić information content (AvgIpc) is 3.16. The summed E-state index contributed by atoms with van der Waals surface area (Å²) in [5, 5.41) is 15.6. The Kier molecular flexibility index (Phi) is 5.69. The van der Waals surface area contributed by atoms with Crippen molar-refractivity contribution in [1.29, 1.82) is 0 Å². The number of carbonyl (C=O) groups is 1. The van der Waals surface area contributed by atoms with Crippen molar-refractivity contribution in [2.45, 2.75) is 52.9 Å². The van der Waals surface area contributed by atoms with Crippen LogP contribution >= 0.6 is 11.6 Å². The van der Waals surface area contributed by atoms with Gasteiger partial charge < -0.3 is 10.0 Å². The van der Waals surface area contributed by atoms with Gasteiger partial charge >= 0.3 is 5.97 Å². The van der Waals surface area contributed by atoms with E-state index in [1.54, 1.807) is 0 Å². The van der Waals surface area contributed by atoms with E-state index >= 15 is 0 Å². The molecule has 31 heavy (non-hydrogen) atoms. The third-order valence-electron chi connectivity index (χ3n) is 6.53. The average molecular weight is 441 g/mol. The molecular formula is C24H29ClN4O2. The van der Waals surface area contributed by atoms with Crippen LogP contribution in [0.3, 0.4) is 0 Å². The number of aryl methyl sites for hydroxylation is 1. The molecule has 0 spiro atoms. The maximum Gasteiger partial charge on any atom is 0.311 e. The highest BCUT2D eigenvalue weighted by Gasteiger charge is 2.42. The first-order chi connectivity index (χ1) is 14.8. The van der Waals surface area contributed by atoms with Crippen molar-refractivity contribution in [2.75, 3.05) is 18.0 Å². The maximum absolute atomic E-state index is 12.2. The van der Waals surface area contributed by atoms with Gasteiger partial charge in [-0.15, -0.1) is 0 Å². The molecule has 0 amide bonds. The Morgan fingerprint density at radius 3 is 2.61 bits per heavy atom.